The van der Waals surface area contributed by atoms with Crippen LogP contribution in [0.5, 0.6) is 23.0 Å². The molecule has 1 saturated heterocycles. The summed E-state index contributed by atoms with van der Waals surface area (Å²) in [5, 5.41) is 79.4. The van der Waals surface area contributed by atoms with E-state index < -0.39 is 90.4 Å². The Morgan fingerprint density at radius 3 is 2.30 bits per heavy atom. The van der Waals surface area contributed by atoms with Gasteiger partial charge >= 0.3 is 5.97 Å². The molecule has 0 aromatic heterocycles. The van der Waals surface area contributed by atoms with Crippen LogP contribution in [0.1, 0.15) is 36.0 Å². The normalized spacial score (nSPS) is 27.3. The first-order valence-corrected chi connectivity index (χ1v) is 13.4. The molecule has 1 aliphatic carbocycles. The summed E-state index contributed by atoms with van der Waals surface area (Å²) in [6.45, 7) is -1.18. The van der Waals surface area contributed by atoms with Crippen molar-refractivity contribution < 1.29 is 64.7 Å². The van der Waals surface area contributed by atoms with Crippen molar-refractivity contribution >= 4 is 29.7 Å². The van der Waals surface area contributed by atoms with Crippen molar-refractivity contribution in [3.63, 3.8) is 0 Å². The fourth-order valence-corrected chi connectivity index (χ4v) is 5.44. The molecule has 230 valence electrons. The highest BCUT2D eigenvalue weighted by atomic mass is 16.5. The number of carboxylic acid groups (broad SMARTS) is 1. The van der Waals surface area contributed by atoms with Gasteiger partial charge in [-0.2, -0.15) is 0 Å². The van der Waals surface area contributed by atoms with Gasteiger partial charge in [-0.1, -0.05) is 18.2 Å². The third-order valence-electron chi connectivity index (χ3n) is 7.75. The number of ether oxygens (including phenoxy) is 2. The Balaban J connectivity index is 1.48. The van der Waals surface area contributed by atoms with Crippen molar-refractivity contribution in [3.05, 3.63) is 59.2 Å². The average Bonchev–Trinajstić information content (AvgIpc) is 2.98. The fraction of sp³-hybridized carbons (Fsp3) is 0.367. The molecule has 13 heteroatoms. The first-order chi connectivity index (χ1) is 20.4. The Morgan fingerprint density at radius 1 is 0.930 bits per heavy atom. The number of hydrogen-bond acceptors (Lipinski definition) is 12. The highest BCUT2D eigenvalue weighted by molar-refractivity contribution is 5.97. The number of benzene rings is 2. The van der Waals surface area contributed by atoms with Gasteiger partial charge in [-0.15, -0.1) is 0 Å². The minimum Gasteiger partial charge on any atom is -0.504 e. The van der Waals surface area contributed by atoms with Gasteiger partial charge in [0.15, 0.2) is 40.2 Å². The van der Waals surface area contributed by atoms with Gasteiger partial charge in [0.1, 0.15) is 18.8 Å². The topological polar surface area (TPSA) is 232 Å². The van der Waals surface area contributed by atoms with E-state index in [0.717, 1.165) is 24.3 Å². The number of fused-ring (bicyclic) bond motifs is 1. The Labute approximate surface area is 245 Å². The number of carboxylic acids is 1. The molecule has 1 saturated carbocycles. The molecule has 0 bridgehead atoms. The standard InChI is InChI=1S/C30H32O13/c31-13-17-11-24(37)23(36)10-16(17)3-7-21(34)26-8-5-19-28(43-26)27(39)25(38)12-30(19,29(40)41)42-14-18(32)4-1-15-2-6-20(33)22(35)9-15/h1-4,6-7,9-11,19,25-28,31,33,35-39H,5,8,12-14H2,(H,40,41)/b4-1+,7-3+/t19-,25+,26+,27+,28+,30-/m0/s1. The zero-order valence-electron chi connectivity index (χ0n) is 22.7. The van der Waals surface area contributed by atoms with Crippen molar-refractivity contribution in [2.24, 2.45) is 5.92 Å². The second kappa shape index (κ2) is 12.9. The highest BCUT2D eigenvalue weighted by Gasteiger charge is 2.60. The summed E-state index contributed by atoms with van der Waals surface area (Å²) >= 11 is 0. The Morgan fingerprint density at radius 2 is 1.63 bits per heavy atom. The van der Waals surface area contributed by atoms with Gasteiger partial charge in [0.2, 0.25) is 0 Å². The summed E-state index contributed by atoms with van der Waals surface area (Å²) in [5.41, 5.74) is -1.24. The molecule has 2 aromatic carbocycles. The van der Waals surface area contributed by atoms with Gasteiger partial charge < -0.3 is 50.3 Å². The van der Waals surface area contributed by atoms with Crippen LogP contribution in [0.2, 0.25) is 0 Å². The van der Waals surface area contributed by atoms with E-state index >= 15 is 0 Å². The van der Waals surface area contributed by atoms with E-state index in [4.69, 9.17) is 9.47 Å². The Hall–Kier alpha value is -4.27. The molecule has 2 fully saturated rings. The van der Waals surface area contributed by atoms with E-state index in [-0.39, 0.29) is 29.7 Å². The number of hydrogen-bond donors (Lipinski definition) is 8. The zero-order valence-corrected chi connectivity index (χ0v) is 22.7. The minimum atomic E-state index is -2.12. The quantitative estimate of drug-likeness (QED) is 0.141. The molecular weight excluding hydrogens is 568 g/mol. The van der Waals surface area contributed by atoms with Crippen LogP contribution in [0.4, 0.5) is 0 Å². The summed E-state index contributed by atoms with van der Waals surface area (Å²) in [6.07, 6.45) is -1.23. The molecule has 13 nitrogen and oxygen atoms in total. The SMILES string of the molecule is O=C(/C=C/c1ccc(O)c(O)c1)CO[C@@]1(C(=O)O)C[C@@H](O)[C@@H](O)[C@@H]2O[C@@H](C(=O)/C=C/c3cc(O)c(O)cc3CO)CC[C@@H]21. The van der Waals surface area contributed by atoms with Crippen LogP contribution in [0, 0.1) is 5.92 Å². The zero-order chi connectivity index (χ0) is 31.5. The summed E-state index contributed by atoms with van der Waals surface area (Å²) in [7, 11) is 0. The van der Waals surface area contributed by atoms with Gasteiger partial charge in [0, 0.05) is 12.3 Å². The molecule has 1 aliphatic heterocycles. The average molecular weight is 601 g/mol. The first kappa shape index (κ1) is 31.7. The van der Waals surface area contributed by atoms with E-state index in [0.29, 0.717) is 5.56 Å². The number of carbonyl (C=O) groups is 3. The minimum absolute atomic E-state index is 0.0252. The van der Waals surface area contributed by atoms with E-state index in [1.165, 1.54) is 30.4 Å². The number of phenols is 4. The molecule has 2 aliphatic rings. The summed E-state index contributed by atoms with van der Waals surface area (Å²) in [5.74, 6) is -5.35. The van der Waals surface area contributed by atoms with Crippen LogP contribution in [-0.2, 0) is 30.5 Å². The van der Waals surface area contributed by atoms with Crippen LogP contribution in [0.3, 0.4) is 0 Å². The molecule has 8 N–H and O–H groups in total. The van der Waals surface area contributed by atoms with Crippen LogP contribution < -0.4 is 0 Å². The van der Waals surface area contributed by atoms with Gasteiger partial charge in [0.25, 0.3) is 0 Å². The van der Waals surface area contributed by atoms with E-state index in [1.807, 2.05) is 0 Å². The lowest BCUT2D eigenvalue weighted by Gasteiger charge is -2.51. The number of phenolic OH excluding ortho intramolecular Hbond substituents is 4. The fourth-order valence-electron chi connectivity index (χ4n) is 5.44. The first-order valence-electron chi connectivity index (χ1n) is 13.4. The van der Waals surface area contributed by atoms with E-state index in [2.05, 4.69) is 0 Å². The number of carbonyl (C=O) groups excluding carboxylic acids is 2. The molecule has 1 heterocycles. The van der Waals surface area contributed by atoms with Crippen LogP contribution in [0.15, 0.2) is 42.5 Å². The predicted molar refractivity (Wildman–Crippen MR) is 148 cm³/mol. The van der Waals surface area contributed by atoms with Crippen molar-refractivity contribution in [2.45, 2.75) is 55.9 Å². The molecule has 43 heavy (non-hydrogen) atoms. The van der Waals surface area contributed by atoms with Gasteiger partial charge in [-0.25, -0.2) is 4.79 Å². The van der Waals surface area contributed by atoms with Gasteiger partial charge in [-0.05, 0) is 65.9 Å². The lowest BCUT2D eigenvalue weighted by Crippen LogP contribution is -2.66. The number of aliphatic hydroxyl groups is 3. The summed E-state index contributed by atoms with van der Waals surface area (Å²) < 4.78 is 11.5. The lowest BCUT2D eigenvalue weighted by atomic mass is 9.67. The number of rotatable bonds is 10. The molecule has 0 unspecified atom stereocenters. The molecule has 4 rings (SSSR count). The van der Waals surface area contributed by atoms with Crippen molar-refractivity contribution in [3.8, 4) is 23.0 Å². The molecule has 0 spiro atoms. The monoisotopic (exact) mass is 600 g/mol. The largest absolute Gasteiger partial charge is 0.504 e. The lowest BCUT2D eigenvalue weighted by molar-refractivity contribution is -0.250. The Bertz CT molecular complexity index is 1450. The Kier molecular flexibility index (Phi) is 9.52. The van der Waals surface area contributed by atoms with E-state index in [1.54, 1.807) is 0 Å². The maximum atomic E-state index is 13.0. The number of aromatic hydroxyl groups is 4. The van der Waals surface area contributed by atoms with Crippen LogP contribution in [0.25, 0.3) is 12.2 Å². The summed E-state index contributed by atoms with van der Waals surface area (Å²) in [4.78, 5) is 38.0. The smallest absolute Gasteiger partial charge is 0.336 e. The second-order valence-electron chi connectivity index (χ2n) is 10.5. The molecular formula is C30H32O13. The molecule has 2 aromatic rings. The molecule has 0 radical (unpaired) electrons. The maximum Gasteiger partial charge on any atom is 0.336 e. The van der Waals surface area contributed by atoms with Crippen LogP contribution in [-0.4, -0.2) is 95.0 Å². The third-order valence-corrected chi connectivity index (χ3v) is 7.75. The number of aliphatic carboxylic acids is 1. The van der Waals surface area contributed by atoms with Crippen molar-refractivity contribution in [1.29, 1.82) is 0 Å². The van der Waals surface area contributed by atoms with Gasteiger partial charge in [0.05, 0.1) is 18.8 Å². The van der Waals surface area contributed by atoms with Crippen molar-refractivity contribution in [2.75, 3.05) is 6.61 Å². The maximum absolute atomic E-state index is 13.0. The van der Waals surface area contributed by atoms with E-state index in [9.17, 15) is 55.2 Å². The molecule has 0 amide bonds. The van der Waals surface area contributed by atoms with Gasteiger partial charge in [-0.3, -0.25) is 9.59 Å². The number of aliphatic hydroxyl groups excluding tert-OH is 3. The van der Waals surface area contributed by atoms with Crippen molar-refractivity contribution in [1.82, 2.24) is 0 Å². The second-order valence-corrected chi connectivity index (χ2v) is 10.5. The number of ketones is 2. The highest BCUT2D eigenvalue weighted by Crippen LogP contribution is 2.45. The third kappa shape index (κ3) is 6.71. The summed E-state index contributed by atoms with van der Waals surface area (Å²) in [6, 6.07) is 6.19. The molecule has 6 atom stereocenters. The van der Waals surface area contributed by atoms with Crippen LogP contribution >= 0.6 is 0 Å². The predicted octanol–water partition coefficient (Wildman–Crippen LogP) is 0.995.